The van der Waals surface area contributed by atoms with Crippen LogP contribution < -0.4 is 23.8 Å². The normalized spacial score (nSPS) is 11.7. The second-order valence-corrected chi connectivity index (χ2v) is 11.7. The van der Waals surface area contributed by atoms with E-state index >= 15 is 0 Å². The Morgan fingerprint density at radius 1 is 0.860 bits per heavy atom. The fourth-order valence-electron chi connectivity index (χ4n) is 4.62. The van der Waals surface area contributed by atoms with E-state index in [9.17, 15) is 18.0 Å². The maximum atomic E-state index is 14.2. The number of ether oxygens (including phenoxy) is 3. The van der Waals surface area contributed by atoms with E-state index in [1.807, 2.05) is 19.9 Å². The number of unbranched alkanes of at least 4 members (excludes halogenated alkanes) is 1. The van der Waals surface area contributed by atoms with Crippen molar-refractivity contribution < 1.29 is 32.2 Å². The number of rotatable bonds is 16. The average Bonchev–Trinajstić information content (AvgIpc) is 3.03. The minimum atomic E-state index is -4.26. The van der Waals surface area contributed by atoms with Gasteiger partial charge in [0, 0.05) is 19.2 Å². The molecule has 0 aliphatic carbocycles. The molecule has 0 saturated heterocycles. The maximum absolute atomic E-state index is 14.2. The molecule has 0 radical (unpaired) electrons. The number of sulfonamides is 1. The molecule has 10 nitrogen and oxygen atoms in total. The Bertz CT molecular complexity index is 1460. The van der Waals surface area contributed by atoms with Gasteiger partial charge in [-0.1, -0.05) is 50.6 Å². The van der Waals surface area contributed by atoms with Crippen LogP contribution in [-0.4, -0.2) is 65.6 Å². The van der Waals surface area contributed by atoms with Crippen LogP contribution >= 0.6 is 0 Å². The summed E-state index contributed by atoms with van der Waals surface area (Å²) in [6.45, 7) is 3.87. The molecule has 0 heterocycles. The van der Waals surface area contributed by atoms with Gasteiger partial charge in [0.1, 0.15) is 18.3 Å². The highest BCUT2D eigenvalue weighted by Gasteiger charge is 2.34. The van der Waals surface area contributed by atoms with Gasteiger partial charge < -0.3 is 24.4 Å². The lowest BCUT2D eigenvalue weighted by atomic mass is 10.1. The lowest BCUT2D eigenvalue weighted by Gasteiger charge is -2.33. The first-order valence-corrected chi connectivity index (χ1v) is 15.6. The Morgan fingerprint density at radius 3 is 2.21 bits per heavy atom. The largest absolute Gasteiger partial charge is 0.497 e. The molecule has 43 heavy (non-hydrogen) atoms. The van der Waals surface area contributed by atoms with Crippen LogP contribution in [0.4, 0.5) is 5.69 Å². The third-order valence-corrected chi connectivity index (χ3v) is 8.74. The second kappa shape index (κ2) is 15.8. The molecule has 0 aliphatic heterocycles. The van der Waals surface area contributed by atoms with Crippen molar-refractivity contribution in [3.8, 4) is 17.2 Å². The van der Waals surface area contributed by atoms with Gasteiger partial charge in [-0.05, 0) is 54.8 Å². The summed E-state index contributed by atoms with van der Waals surface area (Å²) in [6, 6.07) is 19.0. The van der Waals surface area contributed by atoms with Crippen molar-refractivity contribution in [2.24, 2.45) is 0 Å². The molecule has 3 aromatic rings. The SMILES string of the molecule is CCCCNC(=O)[C@@H](CC)N(Cc1cccc(OC)c1)C(=O)CN(c1ccccc1)S(=O)(=O)c1ccc(OC)c(OC)c1. The molecular weight excluding hydrogens is 570 g/mol. The third-order valence-electron chi connectivity index (χ3n) is 6.97. The highest BCUT2D eigenvalue weighted by atomic mass is 32.2. The van der Waals surface area contributed by atoms with Gasteiger partial charge >= 0.3 is 0 Å². The Kier molecular flexibility index (Phi) is 12.2. The quantitative estimate of drug-likeness (QED) is 0.235. The van der Waals surface area contributed by atoms with Crippen molar-refractivity contribution >= 4 is 27.5 Å². The number of nitrogens with one attached hydrogen (secondary N) is 1. The Labute approximate surface area is 254 Å². The standard InChI is InChI=1S/C32H41N3O7S/c1-6-8-19-33-32(37)28(7-2)34(22-24-13-12-16-26(20-24)40-3)31(36)23-35(25-14-10-9-11-15-25)43(38,39)27-17-18-29(41-4)30(21-27)42-5/h9-18,20-21,28H,6-8,19,22-23H2,1-5H3,(H,33,37)/t28-/m1/s1. The van der Waals surface area contributed by atoms with Gasteiger partial charge in [0.2, 0.25) is 11.8 Å². The van der Waals surface area contributed by atoms with Crippen LogP contribution in [0, 0.1) is 0 Å². The van der Waals surface area contributed by atoms with Gasteiger partial charge in [-0.2, -0.15) is 0 Å². The van der Waals surface area contributed by atoms with E-state index in [0.717, 1.165) is 22.7 Å². The van der Waals surface area contributed by atoms with Crippen LogP contribution in [0.25, 0.3) is 0 Å². The first-order valence-electron chi connectivity index (χ1n) is 14.2. The van der Waals surface area contributed by atoms with Gasteiger partial charge in [0.15, 0.2) is 11.5 Å². The summed E-state index contributed by atoms with van der Waals surface area (Å²) in [7, 11) is 0.161. The number of hydrogen-bond donors (Lipinski definition) is 1. The molecule has 0 unspecified atom stereocenters. The zero-order chi connectivity index (χ0) is 31.4. The number of methoxy groups -OCH3 is 3. The van der Waals surface area contributed by atoms with Crippen LogP contribution in [0.2, 0.25) is 0 Å². The van der Waals surface area contributed by atoms with Gasteiger partial charge in [-0.3, -0.25) is 13.9 Å². The van der Waals surface area contributed by atoms with Gasteiger partial charge in [0.25, 0.3) is 10.0 Å². The Morgan fingerprint density at radius 2 is 1.58 bits per heavy atom. The van der Waals surface area contributed by atoms with Crippen molar-refractivity contribution in [2.45, 2.75) is 50.6 Å². The molecule has 11 heteroatoms. The monoisotopic (exact) mass is 611 g/mol. The molecule has 3 aromatic carbocycles. The topological polar surface area (TPSA) is 114 Å². The molecule has 1 atom stereocenters. The fourth-order valence-corrected chi connectivity index (χ4v) is 6.05. The lowest BCUT2D eigenvalue weighted by Crippen LogP contribution is -2.52. The molecule has 0 aromatic heterocycles. The summed E-state index contributed by atoms with van der Waals surface area (Å²) < 4.78 is 45.2. The van der Waals surface area contributed by atoms with Crippen LogP contribution in [0.5, 0.6) is 17.2 Å². The van der Waals surface area contributed by atoms with Crippen molar-refractivity contribution in [1.29, 1.82) is 0 Å². The molecular formula is C32H41N3O7S. The lowest BCUT2D eigenvalue weighted by molar-refractivity contribution is -0.140. The Hall–Kier alpha value is -4.25. The smallest absolute Gasteiger partial charge is 0.264 e. The number of benzene rings is 3. The van der Waals surface area contributed by atoms with Crippen LogP contribution in [-0.2, 0) is 26.2 Å². The molecule has 3 rings (SSSR count). The number of hydrogen-bond acceptors (Lipinski definition) is 7. The van der Waals surface area contributed by atoms with Crippen molar-refractivity contribution in [3.05, 3.63) is 78.4 Å². The van der Waals surface area contributed by atoms with Gasteiger partial charge in [-0.25, -0.2) is 8.42 Å². The van der Waals surface area contributed by atoms with E-state index in [2.05, 4.69) is 5.32 Å². The van der Waals surface area contributed by atoms with Crippen molar-refractivity contribution in [1.82, 2.24) is 10.2 Å². The summed E-state index contributed by atoms with van der Waals surface area (Å²) in [5, 5.41) is 2.93. The molecule has 0 spiro atoms. The number of para-hydroxylation sites is 1. The molecule has 232 valence electrons. The molecule has 0 bridgehead atoms. The van der Waals surface area contributed by atoms with E-state index in [4.69, 9.17) is 14.2 Å². The zero-order valence-electron chi connectivity index (χ0n) is 25.4. The molecule has 0 fully saturated rings. The highest BCUT2D eigenvalue weighted by Crippen LogP contribution is 2.32. The van der Waals surface area contributed by atoms with Gasteiger partial charge in [-0.15, -0.1) is 0 Å². The van der Waals surface area contributed by atoms with E-state index in [1.165, 1.54) is 37.3 Å². The predicted octanol–water partition coefficient (Wildman–Crippen LogP) is 4.63. The third kappa shape index (κ3) is 8.41. The molecule has 2 amide bonds. The maximum Gasteiger partial charge on any atom is 0.264 e. The number of nitrogens with zero attached hydrogens (tertiary/aromatic N) is 2. The number of carbonyl (C=O) groups excluding carboxylic acids is 2. The van der Waals surface area contributed by atoms with Crippen LogP contribution in [0.1, 0.15) is 38.7 Å². The minimum absolute atomic E-state index is 0.0781. The van der Waals surface area contributed by atoms with Crippen molar-refractivity contribution in [2.75, 3.05) is 38.7 Å². The summed E-state index contributed by atoms with van der Waals surface area (Å²) in [4.78, 5) is 28.9. The van der Waals surface area contributed by atoms with E-state index < -0.39 is 28.5 Å². The number of carbonyl (C=O) groups is 2. The fraction of sp³-hybridized carbons (Fsp3) is 0.375. The summed E-state index contributed by atoms with van der Waals surface area (Å²) in [6.07, 6.45) is 2.04. The minimum Gasteiger partial charge on any atom is -0.497 e. The molecule has 1 N–H and O–H groups in total. The summed E-state index contributed by atoms with van der Waals surface area (Å²) >= 11 is 0. The van der Waals surface area contributed by atoms with E-state index in [-0.39, 0.29) is 23.1 Å². The van der Waals surface area contributed by atoms with Crippen LogP contribution in [0.3, 0.4) is 0 Å². The molecule has 0 saturated carbocycles. The second-order valence-electron chi connectivity index (χ2n) is 9.81. The summed E-state index contributed by atoms with van der Waals surface area (Å²) in [5.41, 5.74) is 1.04. The van der Waals surface area contributed by atoms with E-state index in [1.54, 1.807) is 55.6 Å². The Balaban J connectivity index is 2.06. The van der Waals surface area contributed by atoms with Gasteiger partial charge in [0.05, 0.1) is 31.9 Å². The number of amides is 2. The predicted molar refractivity (Wildman–Crippen MR) is 166 cm³/mol. The van der Waals surface area contributed by atoms with Crippen molar-refractivity contribution in [3.63, 3.8) is 0 Å². The summed E-state index contributed by atoms with van der Waals surface area (Å²) in [5.74, 6) is 0.382. The average molecular weight is 612 g/mol. The zero-order valence-corrected chi connectivity index (χ0v) is 26.2. The molecule has 0 aliphatic rings. The first-order chi connectivity index (χ1) is 20.7. The van der Waals surface area contributed by atoms with Crippen LogP contribution in [0.15, 0.2) is 77.7 Å². The number of anilines is 1. The van der Waals surface area contributed by atoms with E-state index in [0.29, 0.717) is 30.2 Å². The highest BCUT2D eigenvalue weighted by molar-refractivity contribution is 7.92. The first kappa shape index (κ1) is 33.3.